The summed E-state index contributed by atoms with van der Waals surface area (Å²) in [6.07, 6.45) is 0.471. The van der Waals surface area contributed by atoms with Crippen molar-refractivity contribution in [2.75, 3.05) is 6.54 Å². The van der Waals surface area contributed by atoms with Gasteiger partial charge in [0.2, 0.25) is 10.0 Å². The Hall–Kier alpha value is -1.21. The third-order valence-electron chi connectivity index (χ3n) is 2.10. The number of sulfonamides is 1. The topological polar surface area (TPSA) is 89.3 Å². The molecule has 6 nitrogen and oxygen atoms in total. The molecule has 0 aliphatic carbocycles. The highest BCUT2D eigenvalue weighted by Gasteiger charge is 2.29. The van der Waals surface area contributed by atoms with Gasteiger partial charge in [0.1, 0.15) is 0 Å². The van der Waals surface area contributed by atoms with Gasteiger partial charge < -0.3 is 4.52 Å². The summed E-state index contributed by atoms with van der Waals surface area (Å²) in [5.74, 6) is 0. The zero-order valence-corrected chi connectivity index (χ0v) is 8.22. The van der Waals surface area contributed by atoms with Crippen molar-refractivity contribution in [3.05, 3.63) is 21.7 Å². The van der Waals surface area contributed by atoms with E-state index in [-0.39, 0.29) is 4.90 Å². The number of hydrogen-bond donors (Lipinski definition) is 1. The Kier molecular flexibility index (Phi) is 1.93. The summed E-state index contributed by atoms with van der Waals surface area (Å²) in [6.45, 7) is 1.91. The first-order chi connectivity index (χ1) is 6.52. The van der Waals surface area contributed by atoms with Gasteiger partial charge in [0.15, 0.2) is 4.90 Å². The third-order valence-corrected chi connectivity index (χ3v) is 3.63. The Morgan fingerprint density at radius 2 is 2.21 bits per heavy atom. The van der Waals surface area contributed by atoms with Crippen LogP contribution < -0.4 is 10.3 Å². The summed E-state index contributed by atoms with van der Waals surface area (Å²) in [4.78, 5) is 10.9. The maximum absolute atomic E-state index is 11.4. The van der Waals surface area contributed by atoms with E-state index in [1.807, 2.05) is 0 Å². The maximum Gasteiger partial charge on any atom is 0.378 e. The number of aryl methyl sites for hydroxylation is 1. The molecule has 0 saturated carbocycles. The molecule has 7 heteroatoms. The van der Waals surface area contributed by atoms with Gasteiger partial charge in [0, 0.05) is 12.1 Å². The molecule has 0 fully saturated rings. The number of nitrogens with one attached hydrogen (secondary N) is 1. The molecule has 1 N–H and O–H groups in total. The van der Waals surface area contributed by atoms with E-state index in [9.17, 15) is 13.2 Å². The van der Waals surface area contributed by atoms with Gasteiger partial charge in [-0.1, -0.05) is 5.16 Å². The SMILES string of the molecule is Cc1noc(=O)c2c1CCNS2(=O)=O. The molecule has 1 aromatic heterocycles. The molecule has 0 saturated heterocycles. The molecule has 0 bridgehead atoms. The van der Waals surface area contributed by atoms with Gasteiger partial charge in [0.05, 0.1) is 5.69 Å². The minimum atomic E-state index is -3.69. The van der Waals surface area contributed by atoms with Crippen molar-refractivity contribution in [2.24, 2.45) is 0 Å². The summed E-state index contributed by atoms with van der Waals surface area (Å²) < 4.78 is 29.5. The van der Waals surface area contributed by atoms with Crippen LogP contribution in [0.1, 0.15) is 11.3 Å². The predicted molar refractivity (Wildman–Crippen MR) is 46.4 cm³/mol. The van der Waals surface area contributed by atoms with Crippen LogP contribution in [0.3, 0.4) is 0 Å². The van der Waals surface area contributed by atoms with Crippen molar-refractivity contribution in [1.82, 2.24) is 9.88 Å². The molecule has 14 heavy (non-hydrogen) atoms. The smallest absolute Gasteiger partial charge is 0.312 e. The highest BCUT2D eigenvalue weighted by molar-refractivity contribution is 7.89. The average Bonchev–Trinajstić information content (AvgIpc) is 2.10. The van der Waals surface area contributed by atoms with E-state index in [1.54, 1.807) is 6.92 Å². The Balaban J connectivity index is 2.88. The number of rotatable bonds is 0. The fourth-order valence-corrected chi connectivity index (χ4v) is 2.79. The van der Waals surface area contributed by atoms with Crippen LogP contribution in [0.15, 0.2) is 14.2 Å². The molecule has 1 aliphatic rings. The van der Waals surface area contributed by atoms with Crippen molar-refractivity contribution >= 4 is 10.0 Å². The van der Waals surface area contributed by atoms with E-state index in [2.05, 4.69) is 14.4 Å². The van der Waals surface area contributed by atoms with Crippen LogP contribution in [0, 0.1) is 6.92 Å². The highest BCUT2D eigenvalue weighted by atomic mass is 32.2. The average molecular weight is 216 g/mol. The predicted octanol–water partition coefficient (Wildman–Crippen LogP) is -0.822. The molecular formula is C7H8N2O4S. The lowest BCUT2D eigenvalue weighted by Gasteiger charge is -2.15. The van der Waals surface area contributed by atoms with Gasteiger partial charge >= 0.3 is 5.63 Å². The van der Waals surface area contributed by atoms with Crippen LogP contribution in [-0.2, 0) is 16.4 Å². The Labute approximate surface area is 80.0 Å². The molecule has 0 amide bonds. The van der Waals surface area contributed by atoms with Gasteiger partial charge in [-0.3, -0.25) is 0 Å². The van der Waals surface area contributed by atoms with E-state index in [0.717, 1.165) is 0 Å². The van der Waals surface area contributed by atoms with Gasteiger partial charge in [-0.05, 0) is 13.3 Å². The maximum atomic E-state index is 11.4. The van der Waals surface area contributed by atoms with Crippen molar-refractivity contribution in [2.45, 2.75) is 18.2 Å². The summed E-state index contributed by atoms with van der Waals surface area (Å²) in [6, 6.07) is 0. The molecule has 2 heterocycles. The van der Waals surface area contributed by atoms with Gasteiger partial charge in [-0.15, -0.1) is 0 Å². The van der Waals surface area contributed by atoms with E-state index in [1.165, 1.54) is 0 Å². The van der Waals surface area contributed by atoms with Gasteiger partial charge in [-0.2, -0.15) is 0 Å². The molecule has 1 aromatic rings. The van der Waals surface area contributed by atoms with Crippen LogP contribution in [-0.4, -0.2) is 20.1 Å². The van der Waals surface area contributed by atoms with E-state index < -0.39 is 15.6 Å². The minimum absolute atomic E-state index is 0.293. The van der Waals surface area contributed by atoms with E-state index in [4.69, 9.17) is 0 Å². The second-order valence-electron chi connectivity index (χ2n) is 3.01. The fraction of sp³-hybridized carbons (Fsp3) is 0.429. The molecule has 0 unspecified atom stereocenters. The second kappa shape index (κ2) is 2.89. The molecule has 1 aliphatic heterocycles. The number of fused-ring (bicyclic) bond motifs is 1. The third kappa shape index (κ3) is 1.25. The van der Waals surface area contributed by atoms with E-state index in [0.29, 0.717) is 24.2 Å². The molecule has 2 rings (SSSR count). The first kappa shape index (κ1) is 9.35. The summed E-state index contributed by atoms with van der Waals surface area (Å²) in [5, 5.41) is 3.48. The second-order valence-corrected chi connectivity index (χ2v) is 4.71. The molecule has 0 spiro atoms. The first-order valence-corrected chi connectivity index (χ1v) is 5.50. The zero-order chi connectivity index (χ0) is 10.3. The molecular weight excluding hydrogens is 208 g/mol. The van der Waals surface area contributed by atoms with Gasteiger partial charge in [0.25, 0.3) is 0 Å². The summed E-state index contributed by atoms with van der Waals surface area (Å²) in [7, 11) is -3.69. The lowest BCUT2D eigenvalue weighted by atomic mass is 10.1. The Morgan fingerprint density at radius 1 is 1.50 bits per heavy atom. The van der Waals surface area contributed by atoms with Crippen molar-refractivity contribution in [1.29, 1.82) is 0 Å². The molecule has 0 atom stereocenters. The van der Waals surface area contributed by atoms with Crippen LogP contribution in [0.2, 0.25) is 0 Å². The lowest BCUT2D eigenvalue weighted by molar-refractivity contribution is 0.344. The normalized spacial score (nSPS) is 18.9. The van der Waals surface area contributed by atoms with Crippen molar-refractivity contribution in [3.63, 3.8) is 0 Å². The number of aromatic nitrogens is 1. The zero-order valence-electron chi connectivity index (χ0n) is 7.40. The van der Waals surface area contributed by atoms with Crippen molar-refractivity contribution in [3.8, 4) is 0 Å². The fourth-order valence-electron chi connectivity index (χ4n) is 1.44. The Morgan fingerprint density at radius 3 is 2.86 bits per heavy atom. The quantitative estimate of drug-likeness (QED) is 0.611. The summed E-state index contributed by atoms with van der Waals surface area (Å²) in [5.41, 5.74) is 0.00229. The van der Waals surface area contributed by atoms with Crippen LogP contribution >= 0.6 is 0 Å². The molecule has 0 aromatic carbocycles. The van der Waals surface area contributed by atoms with E-state index >= 15 is 0 Å². The minimum Gasteiger partial charge on any atom is -0.312 e. The monoisotopic (exact) mass is 216 g/mol. The van der Waals surface area contributed by atoms with Crippen LogP contribution in [0.25, 0.3) is 0 Å². The standard InChI is InChI=1S/C7H8N2O4S/c1-4-5-2-3-8-14(11,12)6(5)7(10)13-9-4/h8H,2-3H2,1H3. The first-order valence-electron chi connectivity index (χ1n) is 4.01. The summed E-state index contributed by atoms with van der Waals surface area (Å²) >= 11 is 0. The highest BCUT2D eigenvalue weighted by Crippen LogP contribution is 2.17. The number of hydrogen-bond acceptors (Lipinski definition) is 5. The molecule has 0 radical (unpaired) electrons. The van der Waals surface area contributed by atoms with Crippen molar-refractivity contribution < 1.29 is 12.9 Å². The largest absolute Gasteiger partial charge is 0.378 e. The van der Waals surface area contributed by atoms with Gasteiger partial charge in [-0.25, -0.2) is 17.9 Å². The van der Waals surface area contributed by atoms with Crippen LogP contribution in [0.5, 0.6) is 0 Å². The number of nitrogens with zero attached hydrogens (tertiary/aromatic N) is 1. The Bertz CT molecular complexity index is 531. The molecule has 76 valence electrons. The van der Waals surface area contributed by atoms with Crippen LogP contribution in [0.4, 0.5) is 0 Å². The lowest BCUT2D eigenvalue weighted by Crippen LogP contribution is -2.36.